The molecule has 1 unspecified atom stereocenters. The van der Waals surface area contributed by atoms with Crippen LogP contribution in [0.15, 0.2) is 22.7 Å². The minimum Gasteiger partial charge on any atom is -0.251 e. The maximum atomic E-state index is 12.4. The number of hydrogen-bond donors (Lipinski definition) is 0. The van der Waals surface area contributed by atoms with Gasteiger partial charge in [-0.25, -0.2) is 8.57 Å². The number of nitrogens with zero attached hydrogens (tertiary/aromatic N) is 2. The quantitative estimate of drug-likeness (QED) is 0.834. The van der Waals surface area contributed by atoms with Crippen LogP contribution in [0.1, 0.15) is 24.1 Å². The lowest BCUT2D eigenvalue weighted by molar-refractivity contribution is -0.141. The number of hydrogen-bond acceptors (Lipinski definition) is 3. The molecule has 0 amide bonds. The number of rotatable bonds is 2. The van der Waals surface area contributed by atoms with Crippen molar-refractivity contribution in [1.82, 2.24) is 4.98 Å². The topological polar surface area (TPSA) is 42.3 Å². The van der Waals surface area contributed by atoms with E-state index in [1.165, 1.54) is 25.6 Å². The van der Waals surface area contributed by atoms with Crippen LogP contribution in [0.4, 0.5) is 13.2 Å². The monoisotopic (exact) mass is 278 g/mol. The first-order valence-electron chi connectivity index (χ1n) is 5.36. The van der Waals surface area contributed by atoms with Gasteiger partial charge in [0, 0.05) is 19.5 Å². The number of pyridine rings is 1. The van der Waals surface area contributed by atoms with Crippen LogP contribution in [0.25, 0.3) is 0 Å². The molecule has 1 heterocycles. The number of aromatic nitrogens is 1. The van der Waals surface area contributed by atoms with Crippen molar-refractivity contribution in [2.75, 3.05) is 13.3 Å². The average molecular weight is 278 g/mol. The van der Waals surface area contributed by atoms with Gasteiger partial charge >= 0.3 is 6.18 Å². The van der Waals surface area contributed by atoms with E-state index in [0.29, 0.717) is 18.4 Å². The first-order chi connectivity index (χ1) is 8.23. The van der Waals surface area contributed by atoms with E-state index in [2.05, 4.69) is 9.35 Å². The fraction of sp³-hybridized carbons (Fsp3) is 0.545. The Morgan fingerprint density at radius 3 is 2.33 bits per heavy atom. The van der Waals surface area contributed by atoms with Gasteiger partial charge in [-0.05, 0) is 24.5 Å². The summed E-state index contributed by atoms with van der Waals surface area (Å²) in [6.45, 7) is 0. The first kappa shape index (κ1) is 13.3. The van der Waals surface area contributed by atoms with Crippen molar-refractivity contribution in [3.8, 4) is 0 Å². The van der Waals surface area contributed by atoms with Gasteiger partial charge in [0.2, 0.25) is 0 Å². The van der Waals surface area contributed by atoms with Gasteiger partial charge in [0.15, 0.2) is 0 Å². The Kier molecular flexibility index (Phi) is 2.92. The van der Waals surface area contributed by atoms with E-state index in [1.807, 2.05) is 0 Å². The van der Waals surface area contributed by atoms with Crippen LogP contribution in [-0.2, 0) is 20.7 Å². The zero-order chi connectivity index (χ0) is 13.6. The molecule has 1 aliphatic carbocycles. The molecule has 2 rings (SSSR count). The SMILES string of the molecule is CN=S(C)(=O)C1(c2ccc(C(F)(F)F)nc2)CC1. The zero-order valence-electron chi connectivity index (χ0n) is 9.99. The van der Waals surface area contributed by atoms with Crippen molar-refractivity contribution in [2.24, 2.45) is 4.36 Å². The minimum absolute atomic E-state index is 0.577. The highest BCUT2D eigenvalue weighted by Gasteiger charge is 2.52. The van der Waals surface area contributed by atoms with Crippen LogP contribution >= 0.6 is 0 Å². The number of alkyl halides is 3. The van der Waals surface area contributed by atoms with Gasteiger partial charge in [0.25, 0.3) is 0 Å². The third kappa shape index (κ3) is 2.00. The van der Waals surface area contributed by atoms with Gasteiger partial charge in [-0.1, -0.05) is 6.07 Å². The summed E-state index contributed by atoms with van der Waals surface area (Å²) in [7, 11) is -0.962. The third-order valence-corrected chi connectivity index (χ3v) is 6.15. The third-order valence-electron chi connectivity index (χ3n) is 3.36. The van der Waals surface area contributed by atoms with Crippen molar-refractivity contribution < 1.29 is 17.4 Å². The van der Waals surface area contributed by atoms with Crippen molar-refractivity contribution in [3.63, 3.8) is 0 Å². The fourth-order valence-electron chi connectivity index (χ4n) is 2.01. The molecule has 18 heavy (non-hydrogen) atoms. The summed E-state index contributed by atoms with van der Waals surface area (Å²) in [4.78, 5) is 3.41. The molecule has 0 aliphatic heterocycles. The molecule has 0 radical (unpaired) electrons. The molecule has 1 saturated carbocycles. The molecular formula is C11H13F3N2OS. The second kappa shape index (κ2) is 3.94. The van der Waals surface area contributed by atoms with E-state index in [0.717, 1.165) is 6.07 Å². The summed E-state index contributed by atoms with van der Waals surface area (Å²) in [5.74, 6) is 0. The summed E-state index contributed by atoms with van der Waals surface area (Å²) in [6.07, 6.45) is -0.390. The van der Waals surface area contributed by atoms with Gasteiger partial charge in [0.1, 0.15) is 5.69 Å². The normalized spacial score (nSPS) is 21.2. The van der Waals surface area contributed by atoms with Gasteiger partial charge in [-0.15, -0.1) is 0 Å². The Balaban J connectivity index is 2.41. The largest absolute Gasteiger partial charge is 0.433 e. The molecule has 1 aromatic heterocycles. The summed E-state index contributed by atoms with van der Waals surface area (Å²) in [6, 6.07) is 2.29. The zero-order valence-corrected chi connectivity index (χ0v) is 10.8. The molecule has 7 heteroatoms. The Morgan fingerprint density at radius 2 is 2.00 bits per heavy atom. The Bertz CT molecular complexity index is 567. The Hall–Kier alpha value is -1.11. The highest BCUT2D eigenvalue weighted by Crippen LogP contribution is 2.53. The fourth-order valence-corrected chi connectivity index (χ4v) is 3.77. The molecule has 0 aromatic carbocycles. The second-order valence-corrected chi connectivity index (χ2v) is 7.16. The van der Waals surface area contributed by atoms with Gasteiger partial charge in [-0.3, -0.25) is 4.98 Å². The van der Waals surface area contributed by atoms with Gasteiger partial charge in [-0.2, -0.15) is 13.2 Å². The maximum absolute atomic E-state index is 12.4. The lowest BCUT2D eigenvalue weighted by atomic mass is 10.1. The van der Waals surface area contributed by atoms with Crippen LogP contribution in [0, 0.1) is 0 Å². The van der Waals surface area contributed by atoms with E-state index in [-0.39, 0.29) is 0 Å². The molecule has 0 bridgehead atoms. The molecular weight excluding hydrogens is 265 g/mol. The lowest BCUT2D eigenvalue weighted by Gasteiger charge is -2.17. The van der Waals surface area contributed by atoms with Crippen LogP contribution < -0.4 is 0 Å². The van der Waals surface area contributed by atoms with Crippen LogP contribution in [0.3, 0.4) is 0 Å². The molecule has 1 aromatic rings. The Labute approximate surface area is 104 Å². The van der Waals surface area contributed by atoms with E-state index in [9.17, 15) is 17.4 Å². The van der Waals surface area contributed by atoms with E-state index in [4.69, 9.17) is 0 Å². The van der Waals surface area contributed by atoms with E-state index < -0.39 is 26.3 Å². The maximum Gasteiger partial charge on any atom is 0.433 e. The van der Waals surface area contributed by atoms with Gasteiger partial charge < -0.3 is 0 Å². The summed E-state index contributed by atoms with van der Waals surface area (Å²) in [5.41, 5.74) is -0.355. The summed E-state index contributed by atoms with van der Waals surface area (Å²) < 4.78 is 52.8. The number of halogens is 3. The highest BCUT2D eigenvalue weighted by molar-refractivity contribution is 7.94. The molecule has 1 atom stereocenters. The summed E-state index contributed by atoms with van der Waals surface area (Å²) in [5, 5.41) is 0. The predicted molar refractivity (Wildman–Crippen MR) is 62.6 cm³/mol. The Morgan fingerprint density at radius 1 is 1.39 bits per heavy atom. The van der Waals surface area contributed by atoms with Crippen molar-refractivity contribution in [3.05, 3.63) is 29.6 Å². The standard InChI is InChI=1S/C11H13F3N2OS/c1-15-18(2,17)10(5-6-10)8-3-4-9(16-7-8)11(12,13)14/h3-4,7H,5-6H2,1-2H3. The van der Waals surface area contributed by atoms with E-state index in [1.54, 1.807) is 0 Å². The second-order valence-electron chi connectivity index (χ2n) is 4.41. The molecule has 1 fully saturated rings. The smallest absolute Gasteiger partial charge is 0.251 e. The molecule has 1 aliphatic rings. The highest BCUT2D eigenvalue weighted by atomic mass is 32.2. The molecule has 0 N–H and O–H groups in total. The van der Waals surface area contributed by atoms with Crippen LogP contribution in [0.5, 0.6) is 0 Å². The molecule has 0 saturated heterocycles. The van der Waals surface area contributed by atoms with Crippen molar-refractivity contribution >= 4 is 9.73 Å². The van der Waals surface area contributed by atoms with Crippen molar-refractivity contribution in [1.29, 1.82) is 0 Å². The molecule has 100 valence electrons. The predicted octanol–water partition coefficient (Wildman–Crippen LogP) is 2.82. The summed E-state index contributed by atoms with van der Waals surface area (Å²) >= 11 is 0. The molecule has 0 spiro atoms. The lowest BCUT2D eigenvalue weighted by Crippen LogP contribution is -2.20. The van der Waals surface area contributed by atoms with Crippen LogP contribution in [0.2, 0.25) is 0 Å². The first-order valence-corrected chi connectivity index (χ1v) is 7.29. The van der Waals surface area contributed by atoms with Crippen molar-refractivity contribution in [2.45, 2.75) is 23.8 Å². The van der Waals surface area contributed by atoms with Gasteiger partial charge in [0.05, 0.1) is 14.5 Å². The van der Waals surface area contributed by atoms with Crippen LogP contribution in [-0.4, -0.2) is 22.5 Å². The minimum atomic E-state index is -4.45. The van der Waals surface area contributed by atoms with E-state index >= 15 is 0 Å². The average Bonchev–Trinajstić information content (AvgIpc) is 3.09. The molecule has 3 nitrogen and oxygen atoms in total.